The molecule has 2 bridgehead atoms. The Kier molecular flexibility index (Phi) is 4.01. The molecule has 4 aliphatic rings. The first-order valence-corrected chi connectivity index (χ1v) is 9.91. The number of fused-ring (bicyclic) bond motifs is 3. The standard InChI is InChI=1S/C21H29N3O2/c1-4-24(5-2)19(26)16-12-14-10-11-20(16,3)13-21(14)22-17-9-7-6-8-15(17)18(25)23-21/h6-9,14,16,22H,4-5,10-13H2,1-3H3,(H,23,25). The van der Waals surface area contributed by atoms with Gasteiger partial charge in [0.15, 0.2) is 0 Å². The van der Waals surface area contributed by atoms with E-state index in [2.05, 4.69) is 17.6 Å². The van der Waals surface area contributed by atoms with Gasteiger partial charge in [0.2, 0.25) is 5.91 Å². The van der Waals surface area contributed by atoms with Crippen LogP contribution in [0.2, 0.25) is 0 Å². The van der Waals surface area contributed by atoms with Crippen molar-refractivity contribution in [3.63, 3.8) is 0 Å². The molecule has 0 saturated heterocycles. The van der Waals surface area contributed by atoms with E-state index in [1.54, 1.807) is 0 Å². The fraction of sp³-hybridized carbons (Fsp3) is 0.619. The highest BCUT2D eigenvalue weighted by Crippen LogP contribution is 2.58. The lowest BCUT2D eigenvalue weighted by molar-refractivity contribution is -0.150. The predicted molar refractivity (Wildman–Crippen MR) is 102 cm³/mol. The van der Waals surface area contributed by atoms with Crippen LogP contribution in [0.1, 0.15) is 56.8 Å². The summed E-state index contributed by atoms with van der Waals surface area (Å²) >= 11 is 0. The fourth-order valence-corrected chi connectivity index (χ4v) is 5.58. The van der Waals surface area contributed by atoms with Gasteiger partial charge >= 0.3 is 0 Å². The van der Waals surface area contributed by atoms with E-state index in [1.165, 1.54) is 0 Å². The van der Waals surface area contributed by atoms with Gasteiger partial charge in [-0.3, -0.25) is 9.59 Å². The van der Waals surface area contributed by atoms with Crippen molar-refractivity contribution in [3.8, 4) is 0 Å². The molecule has 26 heavy (non-hydrogen) atoms. The van der Waals surface area contributed by atoms with Gasteiger partial charge in [-0.1, -0.05) is 19.1 Å². The fourth-order valence-electron chi connectivity index (χ4n) is 5.58. The van der Waals surface area contributed by atoms with E-state index >= 15 is 0 Å². The Morgan fingerprint density at radius 2 is 1.96 bits per heavy atom. The van der Waals surface area contributed by atoms with Crippen molar-refractivity contribution in [3.05, 3.63) is 29.8 Å². The molecule has 3 fully saturated rings. The van der Waals surface area contributed by atoms with Crippen LogP contribution < -0.4 is 10.6 Å². The Morgan fingerprint density at radius 3 is 2.65 bits per heavy atom. The summed E-state index contributed by atoms with van der Waals surface area (Å²) in [6.07, 6.45) is 3.76. The minimum atomic E-state index is -0.418. The first-order valence-electron chi connectivity index (χ1n) is 9.91. The smallest absolute Gasteiger partial charge is 0.255 e. The van der Waals surface area contributed by atoms with Crippen LogP contribution in [0.4, 0.5) is 5.69 Å². The number of rotatable bonds is 3. The third-order valence-electron chi connectivity index (χ3n) is 7.04. The topological polar surface area (TPSA) is 61.4 Å². The van der Waals surface area contributed by atoms with Crippen molar-refractivity contribution in [1.29, 1.82) is 0 Å². The van der Waals surface area contributed by atoms with Crippen molar-refractivity contribution in [2.45, 2.75) is 52.1 Å². The molecule has 1 spiro atoms. The van der Waals surface area contributed by atoms with Crippen LogP contribution in [-0.2, 0) is 4.79 Å². The van der Waals surface area contributed by atoms with Crippen molar-refractivity contribution in [2.24, 2.45) is 17.3 Å². The van der Waals surface area contributed by atoms with Crippen molar-refractivity contribution in [2.75, 3.05) is 18.4 Å². The Bertz CT molecular complexity index is 745. The molecule has 3 aliphatic carbocycles. The van der Waals surface area contributed by atoms with E-state index in [0.717, 1.165) is 44.5 Å². The van der Waals surface area contributed by atoms with Gasteiger partial charge in [0.05, 0.1) is 5.56 Å². The average molecular weight is 355 g/mol. The number of carbonyl (C=O) groups is 2. The molecule has 140 valence electrons. The Morgan fingerprint density at radius 1 is 1.23 bits per heavy atom. The first-order chi connectivity index (χ1) is 12.4. The number of para-hydroxylation sites is 1. The van der Waals surface area contributed by atoms with Crippen LogP contribution in [0.25, 0.3) is 0 Å². The molecular weight excluding hydrogens is 326 g/mol. The lowest BCUT2D eigenvalue weighted by atomic mass is 9.51. The van der Waals surface area contributed by atoms with Crippen molar-refractivity contribution < 1.29 is 9.59 Å². The first kappa shape index (κ1) is 17.4. The van der Waals surface area contributed by atoms with Crippen LogP contribution in [0.15, 0.2) is 24.3 Å². The number of hydrogen-bond acceptors (Lipinski definition) is 3. The molecule has 2 N–H and O–H groups in total. The second-order valence-electron chi connectivity index (χ2n) is 8.46. The molecule has 2 amide bonds. The molecule has 5 nitrogen and oxygen atoms in total. The molecule has 1 aliphatic heterocycles. The van der Waals surface area contributed by atoms with Gasteiger partial charge in [0, 0.05) is 30.6 Å². The summed E-state index contributed by atoms with van der Waals surface area (Å²) in [5.74, 6) is 0.635. The van der Waals surface area contributed by atoms with Gasteiger partial charge in [-0.2, -0.15) is 0 Å². The highest BCUT2D eigenvalue weighted by molar-refractivity contribution is 6.02. The molecule has 4 atom stereocenters. The maximum Gasteiger partial charge on any atom is 0.255 e. The van der Waals surface area contributed by atoms with Crippen LogP contribution in [-0.4, -0.2) is 35.5 Å². The van der Waals surface area contributed by atoms with E-state index in [0.29, 0.717) is 11.5 Å². The van der Waals surface area contributed by atoms with E-state index in [1.807, 2.05) is 43.0 Å². The van der Waals surface area contributed by atoms with Crippen LogP contribution in [0.3, 0.4) is 0 Å². The minimum Gasteiger partial charge on any atom is -0.362 e. The predicted octanol–water partition coefficient (Wildman–Crippen LogP) is 3.23. The maximum atomic E-state index is 13.1. The van der Waals surface area contributed by atoms with Crippen LogP contribution in [0, 0.1) is 17.3 Å². The molecule has 1 aromatic rings. The summed E-state index contributed by atoms with van der Waals surface area (Å²) in [6.45, 7) is 7.86. The van der Waals surface area contributed by atoms with Gasteiger partial charge in [-0.25, -0.2) is 0 Å². The zero-order valence-electron chi connectivity index (χ0n) is 16.0. The normalized spacial score (nSPS) is 34.8. The number of nitrogens with one attached hydrogen (secondary N) is 2. The Balaban J connectivity index is 1.64. The second kappa shape index (κ2) is 6.00. The second-order valence-corrected chi connectivity index (χ2v) is 8.46. The minimum absolute atomic E-state index is 0.00196. The number of benzene rings is 1. The van der Waals surface area contributed by atoms with Crippen LogP contribution >= 0.6 is 0 Å². The Hall–Kier alpha value is -2.04. The molecular formula is C21H29N3O2. The summed E-state index contributed by atoms with van der Waals surface area (Å²) < 4.78 is 0. The van der Waals surface area contributed by atoms with Crippen molar-refractivity contribution in [1.82, 2.24) is 10.2 Å². The average Bonchev–Trinajstić information content (AvgIpc) is 2.62. The highest BCUT2D eigenvalue weighted by atomic mass is 16.2. The summed E-state index contributed by atoms with van der Waals surface area (Å²) in [4.78, 5) is 27.8. The molecule has 0 aromatic heterocycles. The zero-order chi connectivity index (χ0) is 18.5. The molecule has 5 heteroatoms. The van der Waals surface area contributed by atoms with E-state index in [-0.39, 0.29) is 23.2 Å². The molecule has 1 aromatic carbocycles. The number of nitrogens with zero attached hydrogens (tertiary/aromatic N) is 1. The number of amides is 2. The molecule has 5 rings (SSSR count). The largest absolute Gasteiger partial charge is 0.362 e. The molecule has 1 heterocycles. The van der Waals surface area contributed by atoms with E-state index < -0.39 is 5.66 Å². The van der Waals surface area contributed by atoms with E-state index in [9.17, 15) is 9.59 Å². The van der Waals surface area contributed by atoms with Gasteiger partial charge in [-0.05, 0) is 57.1 Å². The summed E-state index contributed by atoms with van der Waals surface area (Å²) in [6, 6.07) is 7.71. The zero-order valence-corrected chi connectivity index (χ0v) is 16.0. The lowest BCUT2D eigenvalue weighted by Gasteiger charge is -2.61. The summed E-state index contributed by atoms with van der Waals surface area (Å²) in [5, 5.41) is 6.95. The maximum absolute atomic E-state index is 13.1. The van der Waals surface area contributed by atoms with E-state index in [4.69, 9.17) is 0 Å². The number of hydrogen-bond donors (Lipinski definition) is 2. The SMILES string of the molecule is CCN(CC)C(=O)C1CC2CCC1(C)CC21NC(=O)c2ccccc2N1. The number of anilines is 1. The summed E-state index contributed by atoms with van der Waals surface area (Å²) in [5.41, 5.74) is 1.12. The monoisotopic (exact) mass is 355 g/mol. The molecule has 3 saturated carbocycles. The van der Waals surface area contributed by atoms with Crippen molar-refractivity contribution >= 4 is 17.5 Å². The summed E-state index contributed by atoms with van der Waals surface area (Å²) in [7, 11) is 0. The van der Waals surface area contributed by atoms with Gasteiger partial charge in [0.25, 0.3) is 5.91 Å². The third-order valence-corrected chi connectivity index (χ3v) is 7.04. The Labute approximate surface area is 155 Å². The lowest BCUT2D eigenvalue weighted by Crippen LogP contribution is -2.70. The van der Waals surface area contributed by atoms with Gasteiger partial charge < -0.3 is 15.5 Å². The molecule has 0 radical (unpaired) electrons. The highest BCUT2D eigenvalue weighted by Gasteiger charge is 2.60. The molecule has 4 unspecified atom stereocenters. The van der Waals surface area contributed by atoms with Gasteiger partial charge in [0.1, 0.15) is 5.66 Å². The van der Waals surface area contributed by atoms with Crippen LogP contribution in [0.5, 0.6) is 0 Å². The third kappa shape index (κ3) is 2.43. The quantitative estimate of drug-likeness (QED) is 0.875. The van der Waals surface area contributed by atoms with Gasteiger partial charge in [-0.15, -0.1) is 0 Å². The number of carbonyl (C=O) groups excluding carboxylic acids is 2.